The SMILES string of the molecule is O=C(CN1CC[C@H](CO)[C@H](O)C1)Nc1ccccc1. The molecule has 1 fully saturated rings. The maximum absolute atomic E-state index is 11.9. The number of hydrogen-bond acceptors (Lipinski definition) is 4. The number of carbonyl (C=O) groups excluding carboxylic acids is 1. The van der Waals surface area contributed by atoms with Crippen LogP contribution in [0.25, 0.3) is 0 Å². The standard InChI is InChI=1S/C14H20N2O3/c17-10-11-6-7-16(8-13(11)18)9-14(19)15-12-4-2-1-3-5-12/h1-5,11,13,17-18H,6-10H2,(H,15,19)/t11-,13-/m1/s1. The van der Waals surface area contributed by atoms with Gasteiger partial charge in [0.15, 0.2) is 0 Å². The van der Waals surface area contributed by atoms with E-state index in [0.717, 1.165) is 18.7 Å². The van der Waals surface area contributed by atoms with Crippen molar-refractivity contribution in [3.05, 3.63) is 30.3 Å². The number of para-hydroxylation sites is 1. The number of hydrogen-bond donors (Lipinski definition) is 3. The van der Waals surface area contributed by atoms with Gasteiger partial charge >= 0.3 is 0 Å². The number of benzene rings is 1. The van der Waals surface area contributed by atoms with E-state index in [9.17, 15) is 9.90 Å². The maximum Gasteiger partial charge on any atom is 0.238 e. The predicted octanol–water partition coefficient (Wildman–Crippen LogP) is 0.300. The molecule has 5 nitrogen and oxygen atoms in total. The first-order chi connectivity index (χ1) is 9.19. The van der Waals surface area contributed by atoms with Gasteiger partial charge in [-0.1, -0.05) is 18.2 Å². The normalized spacial score (nSPS) is 24.1. The topological polar surface area (TPSA) is 72.8 Å². The highest BCUT2D eigenvalue weighted by atomic mass is 16.3. The fourth-order valence-electron chi connectivity index (χ4n) is 2.33. The van der Waals surface area contributed by atoms with Gasteiger partial charge in [-0.05, 0) is 25.1 Å². The Morgan fingerprint density at radius 3 is 2.74 bits per heavy atom. The second-order valence-corrected chi connectivity index (χ2v) is 4.95. The van der Waals surface area contributed by atoms with E-state index in [2.05, 4.69) is 5.32 Å². The van der Waals surface area contributed by atoms with Gasteiger partial charge < -0.3 is 15.5 Å². The van der Waals surface area contributed by atoms with Crippen molar-refractivity contribution < 1.29 is 15.0 Å². The van der Waals surface area contributed by atoms with Crippen molar-refractivity contribution in [3.8, 4) is 0 Å². The molecule has 1 aromatic rings. The molecule has 0 aliphatic carbocycles. The number of nitrogens with one attached hydrogen (secondary N) is 1. The van der Waals surface area contributed by atoms with Crippen molar-refractivity contribution in [1.29, 1.82) is 0 Å². The van der Waals surface area contributed by atoms with E-state index in [1.807, 2.05) is 35.2 Å². The van der Waals surface area contributed by atoms with Gasteiger partial charge in [0, 0.05) is 24.8 Å². The molecule has 2 atom stereocenters. The number of aliphatic hydroxyl groups is 2. The highest BCUT2D eigenvalue weighted by Crippen LogP contribution is 2.17. The van der Waals surface area contributed by atoms with E-state index in [1.165, 1.54) is 0 Å². The summed E-state index contributed by atoms with van der Waals surface area (Å²) >= 11 is 0. The number of nitrogens with zero attached hydrogens (tertiary/aromatic N) is 1. The number of carbonyl (C=O) groups is 1. The molecule has 0 saturated carbocycles. The molecule has 1 aliphatic heterocycles. The number of likely N-dealkylation sites (tertiary alicyclic amines) is 1. The van der Waals surface area contributed by atoms with Crippen molar-refractivity contribution in [2.45, 2.75) is 12.5 Å². The molecule has 3 N–H and O–H groups in total. The van der Waals surface area contributed by atoms with Crippen molar-refractivity contribution in [2.24, 2.45) is 5.92 Å². The number of anilines is 1. The van der Waals surface area contributed by atoms with E-state index in [0.29, 0.717) is 6.54 Å². The number of rotatable bonds is 4. The first-order valence-corrected chi connectivity index (χ1v) is 6.55. The van der Waals surface area contributed by atoms with Gasteiger partial charge in [0.25, 0.3) is 0 Å². The Labute approximate surface area is 112 Å². The molecular weight excluding hydrogens is 244 g/mol. The monoisotopic (exact) mass is 264 g/mol. The van der Waals surface area contributed by atoms with Gasteiger partial charge in [-0.25, -0.2) is 0 Å². The van der Waals surface area contributed by atoms with Crippen LogP contribution in [0.4, 0.5) is 5.69 Å². The first-order valence-electron chi connectivity index (χ1n) is 6.55. The maximum atomic E-state index is 11.9. The van der Waals surface area contributed by atoms with Crippen LogP contribution in [0.5, 0.6) is 0 Å². The summed E-state index contributed by atoms with van der Waals surface area (Å²) in [5, 5.41) is 21.7. The fraction of sp³-hybridized carbons (Fsp3) is 0.500. The summed E-state index contributed by atoms with van der Waals surface area (Å²) in [6.45, 7) is 1.44. The van der Waals surface area contributed by atoms with Crippen LogP contribution in [-0.4, -0.2) is 53.4 Å². The van der Waals surface area contributed by atoms with Crippen molar-refractivity contribution >= 4 is 11.6 Å². The third-order valence-electron chi connectivity index (χ3n) is 3.46. The van der Waals surface area contributed by atoms with Crippen LogP contribution in [0, 0.1) is 5.92 Å². The number of amides is 1. The van der Waals surface area contributed by atoms with Crippen molar-refractivity contribution in [2.75, 3.05) is 31.6 Å². The molecule has 19 heavy (non-hydrogen) atoms. The minimum atomic E-state index is -0.553. The Hall–Kier alpha value is -1.43. The van der Waals surface area contributed by atoms with E-state index >= 15 is 0 Å². The number of aliphatic hydroxyl groups excluding tert-OH is 2. The minimum Gasteiger partial charge on any atom is -0.396 e. The predicted molar refractivity (Wildman–Crippen MR) is 72.7 cm³/mol. The molecule has 0 bridgehead atoms. The first kappa shape index (κ1) is 14.0. The summed E-state index contributed by atoms with van der Waals surface area (Å²) < 4.78 is 0. The molecule has 2 rings (SSSR count). The second-order valence-electron chi connectivity index (χ2n) is 4.95. The molecule has 104 valence electrons. The molecule has 1 aromatic carbocycles. The van der Waals surface area contributed by atoms with Crippen LogP contribution in [0.1, 0.15) is 6.42 Å². The average molecular weight is 264 g/mol. The average Bonchev–Trinajstić information content (AvgIpc) is 2.40. The highest BCUT2D eigenvalue weighted by molar-refractivity contribution is 5.92. The zero-order valence-corrected chi connectivity index (χ0v) is 10.8. The molecule has 1 saturated heterocycles. The number of piperidine rings is 1. The Balaban J connectivity index is 1.80. The van der Waals surface area contributed by atoms with E-state index < -0.39 is 6.10 Å². The summed E-state index contributed by atoms with van der Waals surface area (Å²) in [6.07, 6.45) is 0.166. The van der Waals surface area contributed by atoms with Crippen LogP contribution < -0.4 is 5.32 Å². The van der Waals surface area contributed by atoms with E-state index in [-0.39, 0.29) is 25.0 Å². The van der Waals surface area contributed by atoms with Crippen LogP contribution in [0.15, 0.2) is 30.3 Å². The lowest BCUT2D eigenvalue weighted by Gasteiger charge is -2.34. The van der Waals surface area contributed by atoms with Gasteiger partial charge in [0.1, 0.15) is 0 Å². The Morgan fingerprint density at radius 2 is 2.11 bits per heavy atom. The largest absolute Gasteiger partial charge is 0.396 e. The summed E-state index contributed by atoms with van der Waals surface area (Å²) in [5.41, 5.74) is 0.776. The van der Waals surface area contributed by atoms with Crippen LogP contribution >= 0.6 is 0 Å². The Kier molecular flexibility index (Phi) is 4.90. The molecule has 0 radical (unpaired) electrons. The summed E-state index contributed by atoms with van der Waals surface area (Å²) in [4.78, 5) is 13.8. The lowest BCUT2D eigenvalue weighted by molar-refractivity contribution is -0.118. The second kappa shape index (κ2) is 6.65. The van der Waals surface area contributed by atoms with Gasteiger partial charge in [-0.2, -0.15) is 0 Å². The molecule has 5 heteroatoms. The number of β-amino-alcohol motifs (C(OH)–C–C–N with tert-alkyl or cyclic N) is 1. The smallest absolute Gasteiger partial charge is 0.238 e. The van der Waals surface area contributed by atoms with Gasteiger partial charge in [-0.15, -0.1) is 0 Å². The highest BCUT2D eigenvalue weighted by Gasteiger charge is 2.27. The van der Waals surface area contributed by atoms with Gasteiger partial charge in [-0.3, -0.25) is 9.69 Å². The van der Waals surface area contributed by atoms with Gasteiger partial charge in [0.2, 0.25) is 5.91 Å². The van der Waals surface area contributed by atoms with E-state index in [1.54, 1.807) is 0 Å². The van der Waals surface area contributed by atoms with Crippen LogP contribution in [0.3, 0.4) is 0 Å². The van der Waals surface area contributed by atoms with Crippen molar-refractivity contribution in [1.82, 2.24) is 4.90 Å². The Bertz CT molecular complexity index is 410. The molecular formula is C14H20N2O3. The molecule has 1 aliphatic rings. The lowest BCUT2D eigenvalue weighted by atomic mass is 9.95. The molecule has 0 spiro atoms. The van der Waals surface area contributed by atoms with Gasteiger partial charge in [0.05, 0.1) is 12.6 Å². The minimum absolute atomic E-state index is 0.00518. The third kappa shape index (κ3) is 4.02. The summed E-state index contributed by atoms with van der Waals surface area (Å²) in [6, 6.07) is 9.30. The fourth-order valence-corrected chi connectivity index (χ4v) is 2.33. The van der Waals surface area contributed by atoms with Crippen molar-refractivity contribution in [3.63, 3.8) is 0 Å². The molecule has 0 unspecified atom stereocenters. The van der Waals surface area contributed by atoms with Crippen LogP contribution in [-0.2, 0) is 4.79 Å². The van der Waals surface area contributed by atoms with E-state index in [4.69, 9.17) is 5.11 Å². The molecule has 1 heterocycles. The zero-order chi connectivity index (χ0) is 13.7. The zero-order valence-electron chi connectivity index (χ0n) is 10.8. The molecule has 0 aromatic heterocycles. The summed E-state index contributed by atoms with van der Waals surface area (Å²) in [7, 11) is 0. The third-order valence-corrected chi connectivity index (χ3v) is 3.46. The quantitative estimate of drug-likeness (QED) is 0.731. The lowest BCUT2D eigenvalue weighted by Crippen LogP contribution is -2.47. The Morgan fingerprint density at radius 1 is 1.37 bits per heavy atom. The van der Waals surface area contributed by atoms with Crippen LogP contribution in [0.2, 0.25) is 0 Å². The summed E-state index contributed by atoms with van der Waals surface area (Å²) in [5.74, 6) is -0.144. The molecule has 1 amide bonds.